The maximum absolute atomic E-state index is 14.0. The molecule has 0 spiro atoms. The summed E-state index contributed by atoms with van der Waals surface area (Å²) in [5.41, 5.74) is 3.39. The predicted octanol–water partition coefficient (Wildman–Crippen LogP) is 8.06. The minimum Gasteiger partial charge on any atom is -0.373 e. The summed E-state index contributed by atoms with van der Waals surface area (Å²) in [6.07, 6.45) is 6.43. The molecule has 236 valence electrons. The van der Waals surface area contributed by atoms with Crippen molar-refractivity contribution in [3.05, 3.63) is 99.7 Å². The van der Waals surface area contributed by atoms with Gasteiger partial charge < -0.3 is 10.6 Å². The fourth-order valence-corrected chi connectivity index (χ4v) is 6.14. The lowest BCUT2D eigenvalue weighted by Gasteiger charge is -2.40. The summed E-state index contributed by atoms with van der Waals surface area (Å²) in [5.74, 6) is -2.35. The quantitative estimate of drug-likeness (QED) is 0.169. The van der Waals surface area contributed by atoms with Gasteiger partial charge in [0.25, 0.3) is 0 Å². The molecular weight excluding hydrogens is 631 g/mol. The molecule has 1 aliphatic rings. The molecule has 2 aromatic carbocycles. The Labute approximate surface area is 275 Å². The van der Waals surface area contributed by atoms with Gasteiger partial charge in [0.05, 0.1) is 52.0 Å². The highest BCUT2D eigenvalue weighted by atomic mass is 35.5. The molecular formula is C33H31Cl2F2N9. The van der Waals surface area contributed by atoms with E-state index in [4.69, 9.17) is 23.2 Å². The molecule has 1 aliphatic heterocycles. The highest BCUT2D eigenvalue weighted by Crippen LogP contribution is 2.37. The zero-order chi connectivity index (χ0) is 32.6. The summed E-state index contributed by atoms with van der Waals surface area (Å²) in [5, 5.41) is 26.9. The van der Waals surface area contributed by atoms with Crippen LogP contribution in [0.25, 0.3) is 10.9 Å². The summed E-state index contributed by atoms with van der Waals surface area (Å²) >= 11 is 13.0. The molecule has 5 aromatic rings. The number of likely N-dealkylation sites (tertiary alicyclic amines) is 1. The van der Waals surface area contributed by atoms with E-state index < -0.39 is 17.8 Å². The number of nitriles is 1. The molecule has 2 N–H and O–H groups in total. The lowest BCUT2D eigenvalue weighted by atomic mass is 9.98. The Bertz CT molecular complexity index is 1930. The van der Waals surface area contributed by atoms with Crippen LogP contribution in [0.2, 0.25) is 10.0 Å². The summed E-state index contributed by atoms with van der Waals surface area (Å²) in [7, 11) is 0. The van der Waals surface area contributed by atoms with Gasteiger partial charge in [-0.3, -0.25) is 9.88 Å². The van der Waals surface area contributed by atoms with Crippen LogP contribution in [0.5, 0.6) is 0 Å². The summed E-state index contributed by atoms with van der Waals surface area (Å²) < 4.78 is 29.4. The maximum Gasteiger partial charge on any atom is 0.249 e. The first-order valence-electron chi connectivity index (χ1n) is 14.8. The van der Waals surface area contributed by atoms with Gasteiger partial charge in [-0.1, -0.05) is 40.5 Å². The second-order valence-electron chi connectivity index (χ2n) is 12.3. The van der Waals surface area contributed by atoms with Gasteiger partial charge in [0.1, 0.15) is 11.8 Å². The normalized spacial score (nSPS) is 15.1. The SMILES string of the molecule is CC(C)(C)N1CCC(n2cc([C@@H](Nc3cc(Cl)c4ncc(C#N)c(Nc5cnc(F)c(F)c5)c4c3)c3ccc(Cl)cc3)nn2)CC1. The zero-order valence-corrected chi connectivity index (χ0v) is 26.9. The van der Waals surface area contributed by atoms with Crippen LogP contribution in [0, 0.1) is 23.1 Å². The van der Waals surface area contributed by atoms with Crippen LogP contribution in [0.15, 0.2) is 61.1 Å². The molecule has 0 saturated carbocycles. The van der Waals surface area contributed by atoms with Gasteiger partial charge in [0, 0.05) is 47.0 Å². The first kappa shape index (κ1) is 31.6. The number of hydrogen-bond acceptors (Lipinski definition) is 8. The molecule has 3 aromatic heterocycles. The number of hydrogen-bond donors (Lipinski definition) is 2. The molecule has 1 saturated heterocycles. The number of piperidine rings is 1. The smallest absolute Gasteiger partial charge is 0.249 e. The standard InChI is InChI=1S/C33H31Cl2F2N9/c1-33(2,3)45-10-8-24(9-11-45)46-18-28(43-44-46)30(19-4-6-21(34)7-5-19)41-22-12-25-29(42-23-14-27(36)32(37)40-17-23)20(15-38)16-39-31(25)26(35)13-22/h4-7,12-14,16-18,24,30,41H,8-11H2,1-3H3,(H,39,42)/t30-/m0/s1. The van der Waals surface area contributed by atoms with Crippen LogP contribution in [0.1, 0.15) is 62.5 Å². The lowest BCUT2D eigenvalue weighted by Crippen LogP contribution is -2.46. The summed E-state index contributed by atoms with van der Waals surface area (Å²) in [6.45, 7) is 8.66. The minimum absolute atomic E-state index is 0.119. The number of anilines is 3. The average Bonchev–Trinajstić information content (AvgIpc) is 3.52. The molecule has 1 fully saturated rings. The van der Waals surface area contributed by atoms with Crippen molar-refractivity contribution in [3.8, 4) is 6.07 Å². The van der Waals surface area contributed by atoms with Crippen molar-refractivity contribution in [1.29, 1.82) is 5.26 Å². The van der Waals surface area contributed by atoms with Crippen LogP contribution < -0.4 is 10.6 Å². The number of fused-ring (bicyclic) bond motifs is 1. The van der Waals surface area contributed by atoms with Gasteiger partial charge in [-0.25, -0.2) is 14.1 Å². The van der Waals surface area contributed by atoms with E-state index in [2.05, 4.69) is 62.7 Å². The van der Waals surface area contributed by atoms with Gasteiger partial charge in [-0.2, -0.15) is 9.65 Å². The zero-order valence-electron chi connectivity index (χ0n) is 25.4. The van der Waals surface area contributed by atoms with E-state index in [-0.39, 0.29) is 22.8 Å². The molecule has 0 amide bonds. The second kappa shape index (κ2) is 12.8. The van der Waals surface area contributed by atoms with E-state index in [1.165, 1.54) is 6.20 Å². The molecule has 9 nitrogen and oxygen atoms in total. The monoisotopic (exact) mass is 661 g/mol. The van der Waals surface area contributed by atoms with Crippen molar-refractivity contribution >= 4 is 51.2 Å². The molecule has 13 heteroatoms. The van der Waals surface area contributed by atoms with Crippen molar-refractivity contribution in [1.82, 2.24) is 29.9 Å². The van der Waals surface area contributed by atoms with Gasteiger partial charge in [0.15, 0.2) is 5.82 Å². The Kier molecular flexibility index (Phi) is 8.79. The molecule has 0 bridgehead atoms. The fourth-order valence-electron chi connectivity index (χ4n) is 5.75. The molecule has 6 rings (SSSR count). The van der Waals surface area contributed by atoms with Gasteiger partial charge in [-0.05, 0) is 63.4 Å². The Morgan fingerprint density at radius 2 is 1.74 bits per heavy atom. The number of halogens is 4. The summed E-state index contributed by atoms with van der Waals surface area (Å²) in [4.78, 5) is 10.3. The van der Waals surface area contributed by atoms with Crippen molar-refractivity contribution in [3.63, 3.8) is 0 Å². The maximum atomic E-state index is 14.0. The fraction of sp³-hybridized carbons (Fsp3) is 0.303. The van der Waals surface area contributed by atoms with E-state index in [1.54, 1.807) is 12.1 Å². The molecule has 0 radical (unpaired) electrons. The molecule has 0 aliphatic carbocycles. The molecule has 1 atom stereocenters. The third-order valence-electron chi connectivity index (χ3n) is 8.24. The highest BCUT2D eigenvalue weighted by Gasteiger charge is 2.29. The summed E-state index contributed by atoms with van der Waals surface area (Å²) in [6, 6.07) is 13.9. The first-order valence-corrected chi connectivity index (χ1v) is 15.5. The van der Waals surface area contributed by atoms with E-state index in [0.29, 0.717) is 38.0 Å². The van der Waals surface area contributed by atoms with E-state index in [0.717, 1.165) is 43.8 Å². The Morgan fingerprint density at radius 3 is 2.41 bits per heavy atom. The first-order chi connectivity index (χ1) is 22.0. The number of aromatic nitrogens is 5. The number of pyridine rings is 2. The van der Waals surface area contributed by atoms with Crippen molar-refractivity contribution in [2.75, 3.05) is 23.7 Å². The molecule has 46 heavy (non-hydrogen) atoms. The number of nitrogens with zero attached hydrogens (tertiary/aromatic N) is 7. The van der Waals surface area contributed by atoms with Gasteiger partial charge >= 0.3 is 0 Å². The molecule has 4 heterocycles. The average molecular weight is 663 g/mol. The van der Waals surface area contributed by atoms with Crippen LogP contribution >= 0.6 is 23.2 Å². The van der Waals surface area contributed by atoms with Crippen molar-refractivity contribution in [2.24, 2.45) is 0 Å². The second-order valence-corrected chi connectivity index (χ2v) is 13.1. The minimum atomic E-state index is -1.22. The van der Waals surface area contributed by atoms with Crippen molar-refractivity contribution < 1.29 is 8.78 Å². The number of rotatable bonds is 7. The number of benzene rings is 2. The van der Waals surface area contributed by atoms with E-state index in [9.17, 15) is 14.0 Å². The Balaban J connectivity index is 1.36. The van der Waals surface area contributed by atoms with E-state index in [1.807, 2.05) is 35.1 Å². The Hall–Kier alpha value is -4.37. The van der Waals surface area contributed by atoms with Crippen LogP contribution in [0.3, 0.4) is 0 Å². The van der Waals surface area contributed by atoms with Gasteiger partial charge in [0.2, 0.25) is 5.95 Å². The topological polar surface area (TPSA) is 108 Å². The number of nitrogens with one attached hydrogen (secondary N) is 2. The van der Waals surface area contributed by atoms with Crippen LogP contribution in [0.4, 0.5) is 25.8 Å². The van der Waals surface area contributed by atoms with Crippen molar-refractivity contribution in [2.45, 2.75) is 51.2 Å². The largest absolute Gasteiger partial charge is 0.373 e. The lowest BCUT2D eigenvalue weighted by molar-refractivity contribution is 0.0866. The Morgan fingerprint density at radius 1 is 1.00 bits per heavy atom. The third-order valence-corrected chi connectivity index (χ3v) is 8.78. The van der Waals surface area contributed by atoms with Gasteiger partial charge in [-0.15, -0.1) is 5.10 Å². The van der Waals surface area contributed by atoms with E-state index >= 15 is 0 Å². The predicted molar refractivity (Wildman–Crippen MR) is 175 cm³/mol. The van der Waals surface area contributed by atoms with Crippen LogP contribution in [-0.2, 0) is 0 Å². The molecule has 0 unspecified atom stereocenters. The third kappa shape index (κ3) is 6.60. The highest BCUT2D eigenvalue weighted by molar-refractivity contribution is 6.36. The van der Waals surface area contributed by atoms with Crippen LogP contribution in [-0.4, -0.2) is 48.5 Å².